The van der Waals surface area contributed by atoms with Crippen molar-refractivity contribution >= 4 is 22.5 Å². The van der Waals surface area contributed by atoms with Crippen molar-refractivity contribution in [3.63, 3.8) is 0 Å². The molecule has 1 aromatic heterocycles. The number of halogens is 2. The monoisotopic (exact) mass is 513 g/mol. The quantitative estimate of drug-likeness (QED) is 0.313. The smallest absolute Gasteiger partial charge is 0.227 e. The summed E-state index contributed by atoms with van der Waals surface area (Å²) < 4.78 is 28.8. The van der Waals surface area contributed by atoms with Crippen LogP contribution in [0.4, 0.5) is 20.5 Å². The summed E-state index contributed by atoms with van der Waals surface area (Å²) in [6.45, 7) is 4.21. The zero-order valence-corrected chi connectivity index (χ0v) is 21.5. The maximum Gasteiger partial charge on any atom is 0.227 e. The van der Waals surface area contributed by atoms with E-state index in [0.717, 1.165) is 47.8 Å². The summed E-state index contributed by atoms with van der Waals surface area (Å²) in [7, 11) is 0. The molecular formula is C31H33F2N5. The van der Waals surface area contributed by atoms with Gasteiger partial charge in [-0.1, -0.05) is 55.0 Å². The molecule has 2 aliphatic rings. The Morgan fingerprint density at radius 2 is 1.50 bits per heavy atom. The van der Waals surface area contributed by atoms with E-state index in [9.17, 15) is 8.78 Å². The van der Waals surface area contributed by atoms with E-state index in [4.69, 9.17) is 9.97 Å². The van der Waals surface area contributed by atoms with Crippen molar-refractivity contribution in [2.75, 3.05) is 36.4 Å². The lowest BCUT2D eigenvalue weighted by atomic mass is 9.99. The topological polar surface area (TPSA) is 44.3 Å². The average Bonchev–Trinajstić information content (AvgIpc) is 2.97. The predicted molar refractivity (Wildman–Crippen MR) is 149 cm³/mol. The number of fused-ring (bicyclic) bond motifs is 1. The highest BCUT2D eigenvalue weighted by Gasteiger charge is 2.27. The molecule has 0 unspecified atom stereocenters. The van der Waals surface area contributed by atoms with Crippen LogP contribution < -0.4 is 10.2 Å². The first-order valence-corrected chi connectivity index (χ1v) is 13.7. The molecule has 4 aromatic rings. The molecule has 0 radical (unpaired) electrons. The van der Waals surface area contributed by atoms with Crippen LogP contribution in [-0.4, -0.2) is 47.1 Å². The summed E-state index contributed by atoms with van der Waals surface area (Å²) in [5, 5.41) is 5.44. The number of likely N-dealkylation sites (tertiary alicyclic amines) is 1. The third-order valence-corrected chi connectivity index (χ3v) is 8.00. The summed E-state index contributed by atoms with van der Waals surface area (Å²) in [5.41, 5.74) is 1.79. The van der Waals surface area contributed by atoms with Crippen LogP contribution in [0.5, 0.6) is 0 Å². The van der Waals surface area contributed by atoms with E-state index in [1.165, 1.54) is 50.6 Å². The third kappa shape index (κ3) is 5.07. The second kappa shape index (κ2) is 11.0. The number of nitrogens with one attached hydrogen (secondary N) is 1. The Hall–Kier alpha value is -3.58. The van der Waals surface area contributed by atoms with E-state index in [2.05, 4.69) is 33.3 Å². The molecule has 7 heteroatoms. The lowest BCUT2D eigenvalue weighted by molar-refractivity contribution is 0.141. The highest BCUT2D eigenvalue weighted by Crippen LogP contribution is 2.34. The summed E-state index contributed by atoms with van der Waals surface area (Å²) in [5.74, 6) is 0.0892. The van der Waals surface area contributed by atoms with Gasteiger partial charge in [0, 0.05) is 43.0 Å². The van der Waals surface area contributed by atoms with E-state index < -0.39 is 11.6 Å². The number of anilines is 2. The fourth-order valence-corrected chi connectivity index (χ4v) is 5.90. The highest BCUT2D eigenvalue weighted by molar-refractivity contribution is 5.98. The molecule has 0 bridgehead atoms. The molecule has 0 aliphatic carbocycles. The van der Waals surface area contributed by atoms with Crippen LogP contribution in [0.3, 0.4) is 0 Å². The molecule has 0 amide bonds. The van der Waals surface area contributed by atoms with Crippen molar-refractivity contribution in [2.45, 2.75) is 44.7 Å². The lowest BCUT2D eigenvalue weighted by Crippen LogP contribution is -2.47. The van der Waals surface area contributed by atoms with E-state index in [-0.39, 0.29) is 12.1 Å². The molecule has 196 valence electrons. The zero-order chi connectivity index (χ0) is 25.9. The van der Waals surface area contributed by atoms with Crippen molar-refractivity contribution in [1.29, 1.82) is 0 Å². The van der Waals surface area contributed by atoms with Gasteiger partial charge in [0.25, 0.3) is 0 Å². The maximum atomic E-state index is 14.4. The van der Waals surface area contributed by atoms with Crippen molar-refractivity contribution in [3.05, 3.63) is 84.1 Å². The van der Waals surface area contributed by atoms with Gasteiger partial charge in [0.1, 0.15) is 17.5 Å². The number of aromatic nitrogens is 2. The van der Waals surface area contributed by atoms with Crippen molar-refractivity contribution in [3.8, 4) is 11.1 Å². The minimum absolute atomic E-state index is 0.00104. The molecule has 3 aromatic carbocycles. The van der Waals surface area contributed by atoms with Crippen LogP contribution in [0.2, 0.25) is 0 Å². The molecule has 2 aliphatic heterocycles. The number of nitrogens with zero attached hydrogens (tertiary/aromatic N) is 4. The standard InChI is InChI=1S/C31H33F2N5/c32-28-12-7-13-29(33)27(28)21-34-30-26(25-11-6-9-22-8-2-3-10-24(22)25)20-35-31(36-30)38-18-14-23(15-19-38)37-16-4-1-5-17-37/h2-3,6-13,20,23H,1,4-5,14-19,21H2,(H,34,35,36). The minimum atomic E-state index is -0.571. The Morgan fingerprint density at radius 1 is 0.789 bits per heavy atom. The van der Waals surface area contributed by atoms with Crippen molar-refractivity contribution in [2.24, 2.45) is 0 Å². The maximum absolute atomic E-state index is 14.4. The summed E-state index contributed by atoms with van der Waals surface area (Å²) in [6.07, 6.45) is 7.99. The second-order valence-electron chi connectivity index (χ2n) is 10.3. The molecule has 1 N–H and O–H groups in total. The summed E-state index contributed by atoms with van der Waals surface area (Å²) in [6, 6.07) is 18.9. The zero-order valence-electron chi connectivity index (χ0n) is 21.5. The van der Waals surface area contributed by atoms with Crippen LogP contribution in [-0.2, 0) is 6.54 Å². The van der Waals surface area contributed by atoms with Crippen LogP contribution in [0, 0.1) is 11.6 Å². The van der Waals surface area contributed by atoms with Crippen molar-refractivity contribution in [1.82, 2.24) is 14.9 Å². The van der Waals surface area contributed by atoms with Gasteiger partial charge in [0.05, 0.1) is 0 Å². The molecule has 0 spiro atoms. The van der Waals surface area contributed by atoms with Gasteiger partial charge in [-0.2, -0.15) is 4.98 Å². The van der Waals surface area contributed by atoms with Gasteiger partial charge in [-0.25, -0.2) is 13.8 Å². The molecule has 6 rings (SSSR count). The van der Waals surface area contributed by atoms with Crippen LogP contribution >= 0.6 is 0 Å². The lowest BCUT2D eigenvalue weighted by Gasteiger charge is -2.40. The Bertz CT molecular complexity index is 1390. The van der Waals surface area contributed by atoms with E-state index in [0.29, 0.717) is 17.8 Å². The highest BCUT2D eigenvalue weighted by atomic mass is 19.1. The van der Waals surface area contributed by atoms with Crippen molar-refractivity contribution < 1.29 is 8.78 Å². The molecule has 0 saturated carbocycles. The van der Waals surface area contributed by atoms with E-state index in [1.807, 2.05) is 30.5 Å². The van der Waals surface area contributed by atoms with E-state index >= 15 is 0 Å². The van der Waals surface area contributed by atoms with Gasteiger partial charge in [-0.15, -0.1) is 0 Å². The first-order chi connectivity index (χ1) is 18.7. The summed E-state index contributed by atoms with van der Waals surface area (Å²) in [4.78, 5) is 14.6. The Labute approximate surface area is 222 Å². The molecule has 5 nitrogen and oxygen atoms in total. The second-order valence-corrected chi connectivity index (χ2v) is 10.3. The molecule has 0 atom stereocenters. The number of hydrogen-bond acceptors (Lipinski definition) is 5. The Morgan fingerprint density at radius 3 is 2.29 bits per heavy atom. The van der Waals surface area contributed by atoms with Gasteiger partial charge in [0.2, 0.25) is 5.95 Å². The minimum Gasteiger partial charge on any atom is -0.365 e. The summed E-state index contributed by atoms with van der Waals surface area (Å²) >= 11 is 0. The largest absolute Gasteiger partial charge is 0.365 e. The fourth-order valence-electron chi connectivity index (χ4n) is 5.90. The van der Waals surface area contributed by atoms with Gasteiger partial charge in [0.15, 0.2) is 0 Å². The Balaban J connectivity index is 1.30. The van der Waals surface area contributed by atoms with Gasteiger partial charge >= 0.3 is 0 Å². The number of piperidine rings is 2. The molecule has 2 fully saturated rings. The number of hydrogen-bond donors (Lipinski definition) is 1. The van der Waals surface area contributed by atoms with Crippen LogP contribution in [0.25, 0.3) is 21.9 Å². The van der Waals surface area contributed by atoms with Crippen LogP contribution in [0.15, 0.2) is 66.9 Å². The predicted octanol–water partition coefficient (Wildman–Crippen LogP) is 6.64. The van der Waals surface area contributed by atoms with E-state index in [1.54, 1.807) is 0 Å². The first kappa shape index (κ1) is 24.7. The van der Waals surface area contributed by atoms with Crippen LogP contribution in [0.1, 0.15) is 37.7 Å². The number of benzene rings is 3. The fraction of sp³-hybridized carbons (Fsp3) is 0.355. The molecule has 3 heterocycles. The normalized spacial score (nSPS) is 17.2. The number of rotatable bonds is 6. The third-order valence-electron chi connectivity index (χ3n) is 8.00. The average molecular weight is 514 g/mol. The first-order valence-electron chi connectivity index (χ1n) is 13.7. The Kier molecular flexibility index (Phi) is 7.18. The van der Waals surface area contributed by atoms with Gasteiger partial charge in [-0.3, -0.25) is 0 Å². The molecular weight excluding hydrogens is 480 g/mol. The van der Waals surface area contributed by atoms with Gasteiger partial charge in [-0.05, 0) is 67.2 Å². The molecule has 38 heavy (non-hydrogen) atoms. The van der Waals surface area contributed by atoms with Gasteiger partial charge < -0.3 is 15.1 Å². The molecule has 2 saturated heterocycles. The SMILES string of the molecule is Fc1cccc(F)c1CNc1nc(N2CCC(N3CCCCC3)CC2)ncc1-c1cccc2ccccc12.